The molecule has 0 saturated carbocycles. The van der Waals surface area contributed by atoms with E-state index < -0.39 is 16.9 Å². The van der Waals surface area contributed by atoms with E-state index in [-0.39, 0.29) is 24.6 Å². The van der Waals surface area contributed by atoms with Gasteiger partial charge >= 0.3 is 0 Å². The number of anilines is 1. The van der Waals surface area contributed by atoms with Crippen molar-refractivity contribution in [2.75, 3.05) is 11.9 Å². The van der Waals surface area contributed by atoms with Crippen LogP contribution in [0.4, 0.5) is 5.69 Å². The second-order valence-electron chi connectivity index (χ2n) is 5.97. The summed E-state index contributed by atoms with van der Waals surface area (Å²) in [6, 6.07) is 3.99. The van der Waals surface area contributed by atoms with Gasteiger partial charge in [0.1, 0.15) is 0 Å². The Hall–Kier alpha value is -3.23. The van der Waals surface area contributed by atoms with Crippen molar-refractivity contribution in [1.82, 2.24) is 5.32 Å². The molecule has 9 heteroatoms. The maximum absolute atomic E-state index is 12.2. The number of nitrogens with one attached hydrogen (secondary N) is 2. The first-order valence-corrected chi connectivity index (χ1v) is 8.09. The average molecular weight is 360 g/mol. The van der Waals surface area contributed by atoms with E-state index in [2.05, 4.69) is 15.8 Å². The van der Waals surface area contributed by atoms with Gasteiger partial charge in [0.2, 0.25) is 11.9 Å². The number of carbonyl (C=O) groups is 2. The highest BCUT2D eigenvalue weighted by molar-refractivity contribution is 6.03. The van der Waals surface area contributed by atoms with Gasteiger partial charge < -0.3 is 15.8 Å². The van der Waals surface area contributed by atoms with Gasteiger partial charge in [-0.1, -0.05) is 12.1 Å². The molecular weight excluding hydrogens is 340 g/mol. The molecule has 0 saturated heterocycles. The molecule has 0 aliphatic carbocycles. The van der Waals surface area contributed by atoms with Gasteiger partial charge in [-0.05, 0) is 36.8 Å². The first-order valence-electron chi connectivity index (χ1n) is 8.09. The van der Waals surface area contributed by atoms with Crippen LogP contribution in [-0.2, 0) is 11.2 Å². The highest BCUT2D eigenvalue weighted by Gasteiger charge is 2.21. The summed E-state index contributed by atoms with van der Waals surface area (Å²) >= 11 is 0. The Bertz CT molecular complexity index is 800. The number of hydrogen-bond acceptors (Lipinski definition) is 6. The van der Waals surface area contributed by atoms with Crippen LogP contribution in [0.3, 0.4) is 0 Å². The van der Waals surface area contributed by atoms with Crippen molar-refractivity contribution in [2.24, 2.45) is 5.16 Å². The summed E-state index contributed by atoms with van der Waals surface area (Å²) in [4.78, 5) is 34.2. The highest BCUT2D eigenvalue weighted by atomic mass is 16.6. The lowest BCUT2D eigenvalue weighted by molar-refractivity contribution is -0.512. The summed E-state index contributed by atoms with van der Waals surface area (Å²) in [6.07, 6.45) is 1.92. The van der Waals surface area contributed by atoms with Gasteiger partial charge in [-0.25, -0.2) is 0 Å². The van der Waals surface area contributed by atoms with E-state index in [1.165, 1.54) is 6.08 Å². The Morgan fingerprint density at radius 2 is 2.27 bits per heavy atom. The lowest BCUT2D eigenvalue weighted by atomic mass is 10.1. The molecule has 138 valence electrons. The monoisotopic (exact) mass is 360 g/mol. The zero-order chi connectivity index (χ0) is 19.3. The first-order chi connectivity index (χ1) is 12.3. The molecule has 26 heavy (non-hydrogen) atoms. The third-order valence-corrected chi connectivity index (χ3v) is 4.11. The fourth-order valence-electron chi connectivity index (χ4n) is 2.75. The molecule has 1 aromatic carbocycles. The number of amides is 2. The summed E-state index contributed by atoms with van der Waals surface area (Å²) in [5.41, 5.74) is 2.34. The zero-order valence-corrected chi connectivity index (χ0v) is 14.5. The Labute approximate surface area is 149 Å². The third kappa shape index (κ3) is 4.44. The molecule has 1 heterocycles. The van der Waals surface area contributed by atoms with Gasteiger partial charge in [0.05, 0.1) is 18.7 Å². The van der Waals surface area contributed by atoms with Crippen molar-refractivity contribution < 1.29 is 19.7 Å². The van der Waals surface area contributed by atoms with Crippen LogP contribution >= 0.6 is 0 Å². The summed E-state index contributed by atoms with van der Waals surface area (Å²) in [7, 11) is 0. The molecule has 0 bridgehead atoms. The minimum absolute atomic E-state index is 0.0882. The second kappa shape index (κ2) is 8.24. The van der Waals surface area contributed by atoms with Gasteiger partial charge in [0.25, 0.3) is 5.91 Å². The predicted octanol–water partition coefficient (Wildman–Crippen LogP) is 1.74. The van der Waals surface area contributed by atoms with Crippen LogP contribution < -0.4 is 10.6 Å². The van der Waals surface area contributed by atoms with Crippen LogP contribution in [0.15, 0.2) is 35.0 Å². The second-order valence-corrected chi connectivity index (χ2v) is 5.97. The zero-order valence-electron chi connectivity index (χ0n) is 14.5. The van der Waals surface area contributed by atoms with E-state index >= 15 is 0 Å². The van der Waals surface area contributed by atoms with Crippen LogP contribution in [0.25, 0.3) is 0 Å². The Morgan fingerprint density at radius 1 is 1.54 bits per heavy atom. The minimum atomic E-state index is -0.871. The molecule has 3 N–H and O–H groups in total. The number of carbonyl (C=O) groups excluding carboxylic acids is 2. The largest absolute Gasteiger partial charge is 0.411 e. The van der Waals surface area contributed by atoms with Crippen molar-refractivity contribution in [3.05, 3.63) is 51.1 Å². The Kier molecular flexibility index (Phi) is 6.05. The molecular formula is C17H20N4O5. The Morgan fingerprint density at radius 3 is 2.88 bits per heavy atom. The predicted molar refractivity (Wildman–Crippen MR) is 95.2 cm³/mol. The molecule has 2 rings (SSSR count). The van der Waals surface area contributed by atoms with Gasteiger partial charge in [-0.15, -0.1) is 0 Å². The molecule has 1 aliphatic heterocycles. The number of benzene rings is 1. The van der Waals surface area contributed by atoms with E-state index in [9.17, 15) is 19.7 Å². The molecule has 1 atom stereocenters. The van der Waals surface area contributed by atoms with Crippen molar-refractivity contribution in [3.63, 3.8) is 0 Å². The van der Waals surface area contributed by atoms with E-state index in [1.807, 2.05) is 0 Å². The Balaban J connectivity index is 2.02. The lowest BCUT2D eigenvalue weighted by Gasteiger charge is -2.09. The van der Waals surface area contributed by atoms with Crippen LogP contribution in [0.2, 0.25) is 0 Å². The summed E-state index contributed by atoms with van der Waals surface area (Å²) in [5.74, 6) is -0.523. The lowest BCUT2D eigenvalue weighted by Crippen LogP contribution is -2.29. The maximum atomic E-state index is 12.2. The highest BCUT2D eigenvalue weighted by Crippen LogP contribution is 2.23. The standard InChI is InChI=1S/C17H20N4O5/c1-3-15(21(25)26)10(2)6-13(20-24)9-18-17(23)11-4-5-14-12(7-11)8-16(22)19-14/h4-7,15,24H,3,8-9H2,1-2H3,(H,18,23)(H,19,22). The summed E-state index contributed by atoms with van der Waals surface area (Å²) in [5, 5.41) is 28.4. The summed E-state index contributed by atoms with van der Waals surface area (Å²) < 4.78 is 0. The molecule has 1 aromatic rings. The van der Waals surface area contributed by atoms with Crippen molar-refractivity contribution in [3.8, 4) is 0 Å². The maximum Gasteiger partial charge on any atom is 0.251 e. The number of rotatable bonds is 7. The van der Waals surface area contributed by atoms with E-state index in [0.717, 1.165) is 5.56 Å². The number of oxime groups is 1. The number of nitro groups is 1. The molecule has 0 aromatic heterocycles. The van der Waals surface area contributed by atoms with Gasteiger partial charge in [0.15, 0.2) is 0 Å². The molecule has 1 unspecified atom stereocenters. The number of nitrogens with zero attached hydrogens (tertiary/aromatic N) is 2. The van der Waals surface area contributed by atoms with Crippen LogP contribution in [0.1, 0.15) is 36.2 Å². The number of hydrogen-bond donors (Lipinski definition) is 3. The van der Waals surface area contributed by atoms with Crippen molar-refractivity contribution >= 4 is 23.2 Å². The van der Waals surface area contributed by atoms with E-state index in [0.29, 0.717) is 23.2 Å². The van der Waals surface area contributed by atoms with Crippen molar-refractivity contribution in [2.45, 2.75) is 32.7 Å². The fraction of sp³-hybridized carbons (Fsp3) is 0.353. The third-order valence-electron chi connectivity index (χ3n) is 4.11. The van der Waals surface area contributed by atoms with Crippen molar-refractivity contribution in [1.29, 1.82) is 0 Å². The van der Waals surface area contributed by atoms with Crippen LogP contribution in [-0.4, -0.2) is 40.2 Å². The molecule has 9 nitrogen and oxygen atoms in total. The summed E-state index contributed by atoms with van der Waals surface area (Å²) in [6.45, 7) is 3.18. The topological polar surface area (TPSA) is 134 Å². The van der Waals surface area contributed by atoms with E-state index in [4.69, 9.17) is 5.21 Å². The number of fused-ring (bicyclic) bond motifs is 1. The molecule has 0 radical (unpaired) electrons. The quantitative estimate of drug-likeness (QED) is 0.295. The molecule has 0 fully saturated rings. The normalized spacial score (nSPS) is 15.2. The average Bonchev–Trinajstić information content (AvgIpc) is 2.97. The van der Waals surface area contributed by atoms with Crippen LogP contribution in [0.5, 0.6) is 0 Å². The smallest absolute Gasteiger partial charge is 0.251 e. The molecule has 1 aliphatic rings. The minimum Gasteiger partial charge on any atom is -0.411 e. The SMILES string of the molecule is CCC(C(C)=CC(CNC(=O)c1ccc2c(c1)CC(=O)N2)=NO)[N+](=O)[O-]. The van der Waals surface area contributed by atoms with Gasteiger partial charge in [0, 0.05) is 28.2 Å². The molecule has 0 spiro atoms. The van der Waals surface area contributed by atoms with Gasteiger partial charge in [-0.2, -0.15) is 0 Å². The molecule has 2 amide bonds. The van der Waals surface area contributed by atoms with Crippen LogP contribution in [0, 0.1) is 10.1 Å². The first kappa shape index (κ1) is 19.1. The van der Waals surface area contributed by atoms with E-state index in [1.54, 1.807) is 32.0 Å². The van der Waals surface area contributed by atoms with Gasteiger partial charge in [-0.3, -0.25) is 19.7 Å². The fourth-order valence-corrected chi connectivity index (χ4v) is 2.75.